The molecule has 2 atom stereocenters. The Labute approximate surface area is 191 Å². The standard InChI is InChI=1S/C23H28N2O.C2HF3O2/c1-23(20-15-9-4-10-16-20)21(19-13-7-3-8-14-19)24-22(25-23)26-17-18-11-5-2-6-12-18;3-2(4,5)1(6)7/h3-4,7-10,13-16,18,21H,2,5-6,11-12,17H2,1H3,(H,24,25);(H,6,7)/t21-,23+;/m1./s1. The van der Waals surface area contributed by atoms with Crippen LogP contribution >= 0.6 is 0 Å². The number of nitrogens with one attached hydrogen (secondary N) is 1. The van der Waals surface area contributed by atoms with Gasteiger partial charge < -0.3 is 15.2 Å². The molecular formula is C25H29F3N2O3. The van der Waals surface area contributed by atoms with Crippen LogP contribution in [-0.2, 0) is 15.1 Å². The molecule has 5 nitrogen and oxygen atoms in total. The summed E-state index contributed by atoms with van der Waals surface area (Å²) in [4.78, 5) is 13.9. The van der Waals surface area contributed by atoms with Crippen LogP contribution in [0.15, 0.2) is 65.7 Å². The number of halogens is 3. The second-order valence-corrected chi connectivity index (χ2v) is 8.54. The van der Waals surface area contributed by atoms with Crippen LogP contribution in [0.1, 0.15) is 56.2 Å². The number of ether oxygens (including phenoxy) is 1. The first-order chi connectivity index (χ1) is 15.7. The minimum atomic E-state index is -5.08. The Morgan fingerprint density at radius 3 is 2.15 bits per heavy atom. The van der Waals surface area contributed by atoms with Gasteiger partial charge >= 0.3 is 12.1 Å². The predicted molar refractivity (Wildman–Crippen MR) is 120 cm³/mol. The van der Waals surface area contributed by atoms with Crippen LogP contribution in [0.3, 0.4) is 0 Å². The van der Waals surface area contributed by atoms with Gasteiger partial charge in [0.15, 0.2) is 0 Å². The van der Waals surface area contributed by atoms with Gasteiger partial charge in [-0.05, 0) is 36.8 Å². The number of aliphatic carboxylic acids is 1. The Bertz CT molecular complexity index is 929. The quantitative estimate of drug-likeness (QED) is 0.600. The van der Waals surface area contributed by atoms with Gasteiger partial charge in [-0.25, -0.2) is 9.79 Å². The summed E-state index contributed by atoms with van der Waals surface area (Å²) in [5, 5.41) is 10.7. The SMILES string of the molecule is C[C@@]1(c2ccccc2)N=C(OCC2CCCCC2)N[C@@H]1c1ccccc1.O=C(O)C(F)(F)F. The van der Waals surface area contributed by atoms with Crippen molar-refractivity contribution in [2.45, 2.75) is 56.8 Å². The zero-order valence-corrected chi connectivity index (χ0v) is 18.5. The summed E-state index contributed by atoms with van der Waals surface area (Å²) < 4.78 is 37.9. The molecule has 0 bridgehead atoms. The molecule has 8 heteroatoms. The van der Waals surface area contributed by atoms with Crippen molar-refractivity contribution in [2.24, 2.45) is 10.9 Å². The number of carboxylic acids is 1. The highest BCUT2D eigenvalue weighted by atomic mass is 19.4. The van der Waals surface area contributed by atoms with Crippen molar-refractivity contribution in [3.05, 3.63) is 71.8 Å². The Hall–Kier alpha value is -3.03. The van der Waals surface area contributed by atoms with Gasteiger partial charge in [0.1, 0.15) is 5.54 Å². The molecule has 1 saturated carbocycles. The van der Waals surface area contributed by atoms with Crippen LogP contribution in [0.5, 0.6) is 0 Å². The van der Waals surface area contributed by atoms with Crippen molar-refractivity contribution in [1.82, 2.24) is 5.32 Å². The summed E-state index contributed by atoms with van der Waals surface area (Å²) >= 11 is 0. The van der Waals surface area contributed by atoms with E-state index in [0.29, 0.717) is 11.9 Å². The van der Waals surface area contributed by atoms with Gasteiger partial charge in [0.2, 0.25) is 0 Å². The Morgan fingerprint density at radius 2 is 1.61 bits per heavy atom. The average molecular weight is 463 g/mol. The fraction of sp³-hybridized carbons (Fsp3) is 0.440. The molecule has 0 unspecified atom stereocenters. The zero-order chi connectivity index (χ0) is 23.9. The molecule has 2 aromatic carbocycles. The van der Waals surface area contributed by atoms with E-state index in [1.54, 1.807) is 0 Å². The average Bonchev–Trinajstić information content (AvgIpc) is 3.17. The van der Waals surface area contributed by atoms with E-state index < -0.39 is 12.1 Å². The molecule has 2 aliphatic rings. The maximum atomic E-state index is 10.6. The zero-order valence-electron chi connectivity index (χ0n) is 18.5. The van der Waals surface area contributed by atoms with Crippen molar-refractivity contribution >= 4 is 12.0 Å². The number of aliphatic imine (C=N–C) groups is 1. The third kappa shape index (κ3) is 6.49. The molecule has 4 rings (SSSR count). The van der Waals surface area contributed by atoms with Crippen molar-refractivity contribution in [2.75, 3.05) is 6.61 Å². The number of carboxylic acid groups (broad SMARTS) is 1. The number of amidine groups is 1. The smallest absolute Gasteiger partial charge is 0.475 e. The third-order valence-corrected chi connectivity index (χ3v) is 6.08. The summed E-state index contributed by atoms with van der Waals surface area (Å²) in [5.41, 5.74) is 2.07. The van der Waals surface area contributed by atoms with Gasteiger partial charge in [0, 0.05) is 0 Å². The first-order valence-corrected chi connectivity index (χ1v) is 11.1. The number of alkyl halides is 3. The fourth-order valence-corrected chi connectivity index (χ4v) is 4.26. The van der Waals surface area contributed by atoms with E-state index in [9.17, 15) is 13.2 Å². The fourth-order valence-electron chi connectivity index (χ4n) is 4.26. The largest absolute Gasteiger partial charge is 0.490 e. The number of benzene rings is 2. The molecule has 0 spiro atoms. The Balaban J connectivity index is 0.000000383. The number of rotatable bonds is 4. The molecule has 1 heterocycles. The minimum absolute atomic E-state index is 0.0763. The molecule has 1 fully saturated rings. The molecule has 0 radical (unpaired) electrons. The molecule has 0 saturated heterocycles. The number of carbonyl (C=O) groups is 1. The maximum Gasteiger partial charge on any atom is 0.490 e. The lowest BCUT2D eigenvalue weighted by atomic mass is 9.82. The van der Waals surface area contributed by atoms with Gasteiger partial charge in [-0.1, -0.05) is 79.9 Å². The Morgan fingerprint density at radius 1 is 1.06 bits per heavy atom. The van der Waals surface area contributed by atoms with Crippen molar-refractivity contribution in [3.8, 4) is 0 Å². The van der Waals surface area contributed by atoms with Gasteiger partial charge in [0.25, 0.3) is 6.02 Å². The molecular weight excluding hydrogens is 433 g/mol. The summed E-state index contributed by atoms with van der Waals surface area (Å²) in [7, 11) is 0. The minimum Gasteiger partial charge on any atom is -0.475 e. The van der Waals surface area contributed by atoms with Crippen molar-refractivity contribution in [1.29, 1.82) is 0 Å². The highest BCUT2D eigenvalue weighted by Crippen LogP contribution is 2.42. The molecule has 1 aliphatic heterocycles. The van der Waals surface area contributed by atoms with Crippen LogP contribution in [0, 0.1) is 5.92 Å². The molecule has 0 aromatic heterocycles. The van der Waals surface area contributed by atoms with Crippen LogP contribution in [0.25, 0.3) is 0 Å². The van der Waals surface area contributed by atoms with E-state index in [1.165, 1.54) is 43.2 Å². The molecule has 1 aliphatic carbocycles. The van der Waals surface area contributed by atoms with Crippen molar-refractivity contribution < 1.29 is 27.8 Å². The maximum absolute atomic E-state index is 10.6. The summed E-state index contributed by atoms with van der Waals surface area (Å²) in [6.07, 6.45) is 1.53. The van der Waals surface area contributed by atoms with Gasteiger partial charge in [-0.2, -0.15) is 13.2 Å². The second kappa shape index (κ2) is 10.7. The van der Waals surface area contributed by atoms with E-state index in [2.05, 4.69) is 72.9 Å². The lowest BCUT2D eigenvalue weighted by molar-refractivity contribution is -0.192. The predicted octanol–water partition coefficient (Wildman–Crippen LogP) is 5.83. The number of nitrogens with zero attached hydrogens (tertiary/aromatic N) is 1. The lowest BCUT2D eigenvalue weighted by Crippen LogP contribution is -2.33. The van der Waals surface area contributed by atoms with Crippen LogP contribution in [0.4, 0.5) is 13.2 Å². The van der Waals surface area contributed by atoms with Crippen molar-refractivity contribution in [3.63, 3.8) is 0 Å². The summed E-state index contributed by atoms with van der Waals surface area (Å²) in [6, 6.07) is 21.9. The van der Waals surface area contributed by atoms with Crippen LogP contribution in [-0.4, -0.2) is 29.9 Å². The normalized spacial score (nSPS) is 23.0. The Kier molecular flexibility index (Phi) is 8.00. The number of hydrogen-bond donors (Lipinski definition) is 2. The highest BCUT2D eigenvalue weighted by molar-refractivity contribution is 5.78. The topological polar surface area (TPSA) is 70.9 Å². The van der Waals surface area contributed by atoms with Gasteiger partial charge in [-0.15, -0.1) is 0 Å². The van der Waals surface area contributed by atoms with E-state index >= 15 is 0 Å². The van der Waals surface area contributed by atoms with Gasteiger partial charge in [0.05, 0.1) is 12.6 Å². The van der Waals surface area contributed by atoms with E-state index in [1.807, 2.05) is 0 Å². The first-order valence-electron chi connectivity index (χ1n) is 11.1. The van der Waals surface area contributed by atoms with E-state index in [4.69, 9.17) is 19.6 Å². The van der Waals surface area contributed by atoms with E-state index in [-0.39, 0.29) is 11.6 Å². The monoisotopic (exact) mass is 462 g/mol. The third-order valence-electron chi connectivity index (χ3n) is 6.08. The highest BCUT2D eigenvalue weighted by Gasteiger charge is 2.43. The first kappa shape index (κ1) is 24.6. The molecule has 2 aromatic rings. The summed E-state index contributed by atoms with van der Waals surface area (Å²) in [5.74, 6) is -2.08. The molecule has 178 valence electrons. The number of hydrogen-bond acceptors (Lipinski definition) is 4. The van der Waals surface area contributed by atoms with E-state index in [0.717, 1.165) is 6.61 Å². The van der Waals surface area contributed by atoms with Crippen LogP contribution in [0.2, 0.25) is 0 Å². The van der Waals surface area contributed by atoms with Gasteiger partial charge in [-0.3, -0.25) is 0 Å². The molecule has 2 N–H and O–H groups in total. The second-order valence-electron chi connectivity index (χ2n) is 8.54. The molecule has 0 amide bonds. The van der Waals surface area contributed by atoms with Crippen LogP contribution < -0.4 is 5.32 Å². The molecule has 33 heavy (non-hydrogen) atoms. The summed E-state index contributed by atoms with van der Waals surface area (Å²) in [6.45, 7) is 2.97. The lowest BCUT2D eigenvalue weighted by Gasteiger charge is -2.29.